The van der Waals surface area contributed by atoms with Gasteiger partial charge in [-0.2, -0.15) is 13.2 Å². The first-order chi connectivity index (χ1) is 14.8. The van der Waals surface area contributed by atoms with Crippen LogP contribution in [0.1, 0.15) is 16.1 Å². The molecule has 6 nitrogen and oxygen atoms in total. The van der Waals surface area contributed by atoms with Gasteiger partial charge in [-0.05, 0) is 23.8 Å². The lowest BCUT2D eigenvalue weighted by molar-refractivity contribution is -0.140. The summed E-state index contributed by atoms with van der Waals surface area (Å²) in [5, 5.41) is 2.52. The predicted octanol–water partition coefficient (Wildman–Crippen LogP) is 4.27. The van der Waals surface area contributed by atoms with Crippen LogP contribution in [-0.4, -0.2) is 20.4 Å². The van der Waals surface area contributed by atoms with Gasteiger partial charge in [-0.25, -0.2) is 4.98 Å². The van der Waals surface area contributed by atoms with E-state index in [9.17, 15) is 22.8 Å². The van der Waals surface area contributed by atoms with Crippen LogP contribution in [0.2, 0.25) is 0 Å². The Kier molecular flexibility index (Phi) is 5.02. The zero-order valence-corrected chi connectivity index (χ0v) is 16.1. The number of carbonyl (C=O) groups excluding carboxylic acids is 1. The third-order valence-corrected chi connectivity index (χ3v) is 4.72. The van der Waals surface area contributed by atoms with Crippen LogP contribution in [-0.2, 0) is 13.2 Å². The predicted molar refractivity (Wildman–Crippen MR) is 110 cm³/mol. The average Bonchev–Trinajstić information content (AvgIpc) is 2.76. The van der Waals surface area contributed by atoms with Crippen LogP contribution < -0.4 is 10.7 Å². The van der Waals surface area contributed by atoms with Gasteiger partial charge in [0, 0.05) is 31.2 Å². The molecule has 3 aromatic heterocycles. The second kappa shape index (κ2) is 7.67. The molecule has 0 bridgehead atoms. The van der Waals surface area contributed by atoms with Crippen molar-refractivity contribution < 1.29 is 18.0 Å². The summed E-state index contributed by atoms with van der Waals surface area (Å²) in [6.07, 6.45) is -0.568. The molecule has 4 rings (SSSR count). The SMILES string of the molecule is Cn1cc(C(=O)Nc2ccc(-c3ccccc3)c(C(F)(F)F)n2)c(=O)c2cnccc21. The number of rotatable bonds is 3. The van der Waals surface area contributed by atoms with Crippen molar-refractivity contribution in [3.8, 4) is 11.1 Å². The number of pyridine rings is 3. The van der Waals surface area contributed by atoms with Crippen LogP contribution in [0.25, 0.3) is 22.0 Å². The quantitative estimate of drug-likeness (QED) is 0.533. The molecule has 0 saturated carbocycles. The summed E-state index contributed by atoms with van der Waals surface area (Å²) in [5.41, 5.74) is -1.13. The molecule has 0 aliphatic rings. The minimum atomic E-state index is -4.74. The van der Waals surface area contributed by atoms with Crippen molar-refractivity contribution in [3.63, 3.8) is 0 Å². The molecule has 3 heterocycles. The molecule has 1 aromatic carbocycles. The molecule has 4 aromatic rings. The van der Waals surface area contributed by atoms with Crippen LogP contribution in [0.3, 0.4) is 0 Å². The molecule has 0 atom stereocenters. The van der Waals surface area contributed by atoms with E-state index in [1.165, 1.54) is 42.9 Å². The average molecular weight is 424 g/mol. The fourth-order valence-corrected chi connectivity index (χ4v) is 3.28. The standard InChI is InChI=1S/C22H15F3N4O2/c1-29-12-16(19(30)15-11-26-10-9-17(15)29)21(31)28-18-8-7-14(13-5-3-2-4-6-13)20(27-18)22(23,24)25/h2-12H,1H3,(H,27,28,31). The maximum absolute atomic E-state index is 13.6. The molecule has 9 heteroatoms. The molecule has 0 spiro atoms. The number of nitrogens with one attached hydrogen (secondary N) is 1. The van der Waals surface area contributed by atoms with Gasteiger partial charge in [-0.15, -0.1) is 0 Å². The summed E-state index contributed by atoms with van der Waals surface area (Å²) in [7, 11) is 1.65. The van der Waals surface area contributed by atoms with Gasteiger partial charge in [0.2, 0.25) is 5.43 Å². The number of nitrogens with zero attached hydrogens (tertiary/aromatic N) is 3. The zero-order valence-electron chi connectivity index (χ0n) is 16.1. The number of alkyl halides is 3. The number of halogens is 3. The van der Waals surface area contributed by atoms with Crippen molar-refractivity contribution in [2.75, 3.05) is 5.32 Å². The number of hydrogen-bond acceptors (Lipinski definition) is 4. The third kappa shape index (κ3) is 3.89. The number of hydrogen-bond donors (Lipinski definition) is 1. The summed E-state index contributed by atoms with van der Waals surface area (Å²) >= 11 is 0. The van der Waals surface area contributed by atoms with E-state index in [0.717, 1.165) is 0 Å². The van der Waals surface area contributed by atoms with E-state index in [2.05, 4.69) is 15.3 Å². The van der Waals surface area contributed by atoms with Crippen molar-refractivity contribution in [1.29, 1.82) is 0 Å². The lowest BCUT2D eigenvalue weighted by atomic mass is 10.0. The van der Waals surface area contributed by atoms with Gasteiger partial charge in [-0.1, -0.05) is 30.3 Å². The molecule has 31 heavy (non-hydrogen) atoms. The van der Waals surface area contributed by atoms with Gasteiger partial charge >= 0.3 is 6.18 Å². The molecule has 1 N–H and O–H groups in total. The van der Waals surface area contributed by atoms with Crippen LogP contribution >= 0.6 is 0 Å². The van der Waals surface area contributed by atoms with Crippen molar-refractivity contribution in [2.45, 2.75) is 6.18 Å². The highest BCUT2D eigenvalue weighted by Gasteiger charge is 2.36. The number of amides is 1. The molecule has 1 amide bonds. The summed E-state index contributed by atoms with van der Waals surface area (Å²) in [5.74, 6) is -1.18. The molecule has 0 aliphatic heterocycles. The largest absolute Gasteiger partial charge is 0.434 e. The number of fused-ring (bicyclic) bond motifs is 1. The number of anilines is 1. The molecule has 0 radical (unpaired) electrons. The van der Waals surface area contributed by atoms with Gasteiger partial charge in [0.25, 0.3) is 5.91 Å². The van der Waals surface area contributed by atoms with E-state index in [1.807, 2.05) is 0 Å². The van der Waals surface area contributed by atoms with Crippen molar-refractivity contribution in [2.24, 2.45) is 7.05 Å². The van der Waals surface area contributed by atoms with E-state index in [-0.39, 0.29) is 22.3 Å². The number of aromatic nitrogens is 3. The molecule has 0 fully saturated rings. The topological polar surface area (TPSA) is 76.9 Å². The molecular formula is C22H15F3N4O2. The molecule has 0 saturated heterocycles. The number of carbonyl (C=O) groups is 1. The Morgan fingerprint density at radius 1 is 1.06 bits per heavy atom. The third-order valence-electron chi connectivity index (χ3n) is 4.72. The Morgan fingerprint density at radius 2 is 1.81 bits per heavy atom. The van der Waals surface area contributed by atoms with Crippen LogP contribution in [0.4, 0.5) is 19.0 Å². The summed E-state index contributed by atoms with van der Waals surface area (Å²) in [6, 6.07) is 12.1. The fraction of sp³-hybridized carbons (Fsp3) is 0.0909. The minimum Gasteiger partial charge on any atom is -0.349 e. The summed E-state index contributed by atoms with van der Waals surface area (Å²) < 4.78 is 42.5. The number of aryl methyl sites for hydroxylation is 1. The van der Waals surface area contributed by atoms with E-state index >= 15 is 0 Å². The highest BCUT2D eigenvalue weighted by Crippen LogP contribution is 2.36. The first kappa shape index (κ1) is 20.3. The Balaban J connectivity index is 1.73. The Labute approximate surface area is 174 Å². The molecule has 0 aliphatic carbocycles. The minimum absolute atomic E-state index is 0.112. The monoisotopic (exact) mass is 424 g/mol. The van der Waals surface area contributed by atoms with Gasteiger partial charge in [-0.3, -0.25) is 14.6 Å². The normalized spacial score (nSPS) is 11.5. The maximum atomic E-state index is 13.6. The van der Waals surface area contributed by atoms with Gasteiger partial charge < -0.3 is 9.88 Å². The Hall–Kier alpha value is -4.01. The van der Waals surface area contributed by atoms with E-state index in [0.29, 0.717) is 11.1 Å². The van der Waals surface area contributed by atoms with E-state index in [1.54, 1.807) is 35.9 Å². The van der Waals surface area contributed by atoms with Gasteiger partial charge in [0.15, 0.2) is 5.69 Å². The summed E-state index contributed by atoms with van der Waals surface area (Å²) in [6.45, 7) is 0. The maximum Gasteiger partial charge on any atom is 0.434 e. The fourth-order valence-electron chi connectivity index (χ4n) is 3.28. The number of benzene rings is 1. The highest BCUT2D eigenvalue weighted by molar-refractivity contribution is 6.05. The first-order valence-electron chi connectivity index (χ1n) is 9.14. The van der Waals surface area contributed by atoms with Gasteiger partial charge in [0.05, 0.1) is 10.9 Å². The second-order valence-corrected chi connectivity index (χ2v) is 6.79. The molecular weight excluding hydrogens is 409 g/mol. The second-order valence-electron chi connectivity index (χ2n) is 6.79. The highest BCUT2D eigenvalue weighted by atomic mass is 19.4. The van der Waals surface area contributed by atoms with Crippen LogP contribution in [0.15, 0.2) is 71.9 Å². The molecule has 0 unspecified atom stereocenters. The first-order valence-corrected chi connectivity index (χ1v) is 9.14. The van der Waals surface area contributed by atoms with Crippen molar-refractivity contribution in [1.82, 2.24) is 14.5 Å². The van der Waals surface area contributed by atoms with E-state index in [4.69, 9.17) is 0 Å². The lowest BCUT2D eigenvalue weighted by Crippen LogP contribution is -2.24. The van der Waals surface area contributed by atoms with Crippen LogP contribution in [0, 0.1) is 0 Å². The Bertz CT molecular complexity index is 1350. The lowest BCUT2D eigenvalue weighted by Gasteiger charge is -2.14. The van der Waals surface area contributed by atoms with Gasteiger partial charge in [0.1, 0.15) is 11.4 Å². The van der Waals surface area contributed by atoms with Crippen molar-refractivity contribution >= 4 is 22.6 Å². The molecule has 156 valence electrons. The summed E-state index contributed by atoms with van der Waals surface area (Å²) in [4.78, 5) is 32.9. The van der Waals surface area contributed by atoms with Crippen LogP contribution in [0.5, 0.6) is 0 Å². The Morgan fingerprint density at radius 3 is 2.52 bits per heavy atom. The van der Waals surface area contributed by atoms with E-state index < -0.39 is 23.2 Å². The zero-order chi connectivity index (χ0) is 22.2. The smallest absolute Gasteiger partial charge is 0.349 e. The van der Waals surface area contributed by atoms with Crippen molar-refractivity contribution in [3.05, 3.63) is 88.6 Å².